The minimum Gasteiger partial charge on any atom is -0.373 e. The van der Waals surface area contributed by atoms with Crippen LogP contribution in [0.4, 0.5) is 13.2 Å². The number of carbonyl (C=O) groups excluding carboxylic acids is 1. The van der Waals surface area contributed by atoms with E-state index in [1.807, 2.05) is 12.1 Å². The van der Waals surface area contributed by atoms with Crippen LogP contribution in [0, 0.1) is 11.3 Å². The van der Waals surface area contributed by atoms with Crippen molar-refractivity contribution in [1.82, 2.24) is 14.7 Å². The third kappa shape index (κ3) is 3.60. The molecule has 1 aliphatic heterocycles. The molecule has 1 fully saturated rings. The van der Waals surface area contributed by atoms with Crippen LogP contribution in [0.25, 0.3) is 5.69 Å². The van der Waals surface area contributed by atoms with Gasteiger partial charge >= 0.3 is 6.18 Å². The highest BCUT2D eigenvalue weighted by Crippen LogP contribution is 2.34. The van der Waals surface area contributed by atoms with Gasteiger partial charge in [-0.05, 0) is 50.1 Å². The topological polar surface area (TPSA) is 82.2 Å². The maximum atomic E-state index is 12.9. The zero-order chi connectivity index (χ0) is 20.5. The lowest BCUT2D eigenvalue weighted by Gasteiger charge is -2.36. The van der Waals surface area contributed by atoms with Crippen molar-refractivity contribution in [3.05, 3.63) is 47.8 Å². The van der Waals surface area contributed by atoms with Gasteiger partial charge in [0.25, 0.3) is 5.91 Å². The van der Waals surface area contributed by atoms with Crippen molar-refractivity contribution in [3.63, 3.8) is 0 Å². The summed E-state index contributed by atoms with van der Waals surface area (Å²) in [5.41, 5.74) is -1.19. The fourth-order valence-electron chi connectivity index (χ4n) is 3.32. The number of aliphatic hydroxyl groups is 1. The fourth-order valence-corrected chi connectivity index (χ4v) is 3.32. The van der Waals surface area contributed by atoms with Gasteiger partial charge in [-0.2, -0.15) is 23.5 Å². The van der Waals surface area contributed by atoms with Crippen molar-refractivity contribution in [1.29, 1.82) is 5.26 Å². The Morgan fingerprint density at radius 3 is 2.36 bits per heavy atom. The quantitative estimate of drug-likeness (QED) is 0.871. The van der Waals surface area contributed by atoms with Crippen LogP contribution in [0.3, 0.4) is 0 Å². The highest BCUT2D eigenvalue weighted by Gasteiger charge is 2.57. The van der Waals surface area contributed by atoms with Crippen molar-refractivity contribution < 1.29 is 23.1 Å². The zero-order valence-corrected chi connectivity index (χ0v) is 15.1. The van der Waals surface area contributed by atoms with E-state index in [4.69, 9.17) is 5.26 Å². The maximum Gasteiger partial charge on any atom is 0.426 e. The third-order valence-corrected chi connectivity index (χ3v) is 5.08. The Morgan fingerprint density at radius 1 is 1.21 bits per heavy atom. The monoisotopic (exact) mass is 392 g/mol. The van der Waals surface area contributed by atoms with Gasteiger partial charge in [-0.25, -0.2) is 4.68 Å². The zero-order valence-electron chi connectivity index (χ0n) is 15.1. The summed E-state index contributed by atoms with van der Waals surface area (Å²) in [5.74, 6) is -1.31. The van der Waals surface area contributed by atoms with Crippen LogP contribution in [0.1, 0.15) is 36.9 Å². The normalized spacial score (nSPS) is 17.8. The number of carbonyl (C=O) groups is 1. The number of likely N-dealkylation sites (tertiary alicyclic amines) is 1. The molecule has 2 aromatic rings. The number of nitrogens with zero attached hydrogens (tertiary/aromatic N) is 4. The summed E-state index contributed by atoms with van der Waals surface area (Å²) in [6, 6.07) is 10.8. The molecule has 1 atom stereocenters. The number of rotatable bonds is 3. The van der Waals surface area contributed by atoms with Gasteiger partial charge in [0, 0.05) is 30.9 Å². The van der Waals surface area contributed by atoms with E-state index in [1.54, 1.807) is 35.1 Å². The van der Waals surface area contributed by atoms with E-state index >= 15 is 0 Å². The van der Waals surface area contributed by atoms with Crippen LogP contribution >= 0.6 is 0 Å². The number of hydrogen-bond donors (Lipinski definition) is 1. The van der Waals surface area contributed by atoms with E-state index in [0.717, 1.165) is 16.3 Å². The van der Waals surface area contributed by atoms with E-state index in [-0.39, 0.29) is 19.0 Å². The second-order valence-electron chi connectivity index (χ2n) is 6.96. The van der Waals surface area contributed by atoms with Crippen LogP contribution in [0.15, 0.2) is 36.5 Å². The standard InChI is InChI=1S/C19H19F3N4O2/c1-18(28,19(20,21)22)17(27)25-10-7-14(8-11-25)16-6-9-24-26(16)15-4-2-13(12-23)3-5-15/h2-6,9,14,28H,7-8,10-11H2,1H3. The minimum absolute atomic E-state index is 0.0121. The highest BCUT2D eigenvalue weighted by molar-refractivity contribution is 5.85. The van der Waals surface area contributed by atoms with Gasteiger partial charge < -0.3 is 10.0 Å². The van der Waals surface area contributed by atoms with Crippen molar-refractivity contribution in [2.75, 3.05) is 13.1 Å². The molecule has 1 N–H and O–H groups in total. The number of hydrogen-bond acceptors (Lipinski definition) is 4. The second-order valence-corrected chi connectivity index (χ2v) is 6.96. The molecule has 0 bridgehead atoms. The Bertz CT molecular complexity index is 889. The molecular weight excluding hydrogens is 373 g/mol. The van der Waals surface area contributed by atoms with Crippen molar-refractivity contribution in [2.45, 2.75) is 37.5 Å². The third-order valence-electron chi connectivity index (χ3n) is 5.08. The Balaban J connectivity index is 1.72. The summed E-state index contributed by atoms with van der Waals surface area (Å²) < 4.78 is 40.4. The first-order valence-electron chi connectivity index (χ1n) is 8.78. The van der Waals surface area contributed by atoms with Crippen LogP contribution < -0.4 is 0 Å². The summed E-state index contributed by atoms with van der Waals surface area (Å²) in [6.45, 7) is 0.726. The summed E-state index contributed by atoms with van der Waals surface area (Å²) >= 11 is 0. The number of nitriles is 1. The molecular formula is C19H19F3N4O2. The molecule has 1 unspecified atom stereocenters. The highest BCUT2D eigenvalue weighted by atomic mass is 19.4. The molecule has 148 valence electrons. The second kappa shape index (κ2) is 7.28. The van der Waals surface area contributed by atoms with Crippen LogP contribution in [-0.2, 0) is 4.79 Å². The number of benzene rings is 1. The average molecular weight is 392 g/mol. The van der Waals surface area contributed by atoms with E-state index < -0.39 is 17.7 Å². The number of alkyl halides is 3. The summed E-state index contributed by atoms with van der Waals surface area (Å²) in [7, 11) is 0. The fraction of sp³-hybridized carbons (Fsp3) is 0.421. The predicted octanol–water partition coefficient (Wildman–Crippen LogP) is 2.76. The van der Waals surface area contributed by atoms with Gasteiger partial charge in [0.1, 0.15) is 0 Å². The smallest absolute Gasteiger partial charge is 0.373 e. The Hall–Kier alpha value is -2.86. The van der Waals surface area contributed by atoms with Gasteiger partial charge in [0.15, 0.2) is 0 Å². The molecule has 0 radical (unpaired) electrons. The van der Waals surface area contributed by atoms with E-state index in [9.17, 15) is 23.1 Å². The van der Waals surface area contributed by atoms with Gasteiger partial charge in [-0.15, -0.1) is 0 Å². The molecule has 6 nitrogen and oxygen atoms in total. The summed E-state index contributed by atoms with van der Waals surface area (Å²) in [4.78, 5) is 13.2. The average Bonchev–Trinajstić information content (AvgIpc) is 3.16. The molecule has 1 amide bonds. The maximum absolute atomic E-state index is 12.9. The molecule has 0 saturated carbocycles. The lowest BCUT2D eigenvalue weighted by Crippen LogP contribution is -2.57. The molecule has 0 aliphatic carbocycles. The predicted molar refractivity (Wildman–Crippen MR) is 93.5 cm³/mol. The molecule has 1 aromatic carbocycles. The molecule has 2 heterocycles. The van der Waals surface area contributed by atoms with Crippen LogP contribution in [-0.4, -0.2) is 50.6 Å². The molecule has 3 rings (SSSR count). The van der Waals surface area contributed by atoms with E-state index in [0.29, 0.717) is 25.3 Å². The lowest BCUT2D eigenvalue weighted by molar-refractivity contribution is -0.250. The SMILES string of the molecule is CC(O)(C(=O)N1CCC(c2ccnn2-c2ccc(C#N)cc2)CC1)C(F)(F)F. The van der Waals surface area contributed by atoms with E-state index in [1.165, 1.54) is 0 Å². The first-order valence-corrected chi connectivity index (χ1v) is 8.78. The Morgan fingerprint density at radius 2 is 1.82 bits per heavy atom. The molecule has 1 aromatic heterocycles. The minimum atomic E-state index is -5.02. The first kappa shape index (κ1) is 19.9. The molecule has 0 spiro atoms. The number of halogens is 3. The van der Waals surface area contributed by atoms with Crippen molar-refractivity contribution in [3.8, 4) is 11.8 Å². The van der Waals surface area contributed by atoms with E-state index in [2.05, 4.69) is 5.10 Å². The molecule has 28 heavy (non-hydrogen) atoms. The molecule has 1 aliphatic rings. The number of aromatic nitrogens is 2. The molecule has 9 heteroatoms. The van der Waals surface area contributed by atoms with Gasteiger partial charge in [-0.3, -0.25) is 4.79 Å². The number of piperidine rings is 1. The van der Waals surface area contributed by atoms with Crippen LogP contribution in [0.5, 0.6) is 0 Å². The largest absolute Gasteiger partial charge is 0.426 e. The van der Waals surface area contributed by atoms with Gasteiger partial charge in [0.05, 0.1) is 17.3 Å². The van der Waals surface area contributed by atoms with Gasteiger partial charge in [-0.1, -0.05) is 0 Å². The summed E-state index contributed by atoms with van der Waals surface area (Å²) in [6.07, 6.45) is -2.46. The molecule has 1 saturated heterocycles. The summed E-state index contributed by atoms with van der Waals surface area (Å²) in [5, 5.41) is 22.8. The Labute approximate surface area is 159 Å². The first-order chi connectivity index (χ1) is 13.1. The van der Waals surface area contributed by atoms with Crippen molar-refractivity contribution >= 4 is 5.91 Å². The lowest BCUT2D eigenvalue weighted by atomic mass is 9.92. The van der Waals surface area contributed by atoms with Crippen molar-refractivity contribution in [2.24, 2.45) is 0 Å². The number of amides is 1. The Kier molecular flexibility index (Phi) is 5.17. The van der Waals surface area contributed by atoms with Crippen LogP contribution in [0.2, 0.25) is 0 Å². The van der Waals surface area contributed by atoms with Gasteiger partial charge in [0.2, 0.25) is 5.60 Å².